The summed E-state index contributed by atoms with van der Waals surface area (Å²) < 4.78 is 0.882. The summed E-state index contributed by atoms with van der Waals surface area (Å²) >= 11 is 9.32. The van der Waals surface area contributed by atoms with Crippen LogP contribution in [0, 0.1) is 13.8 Å². The van der Waals surface area contributed by atoms with Gasteiger partial charge in [0.25, 0.3) is 5.91 Å². The molecule has 0 saturated carbocycles. The van der Waals surface area contributed by atoms with Gasteiger partial charge in [-0.3, -0.25) is 4.79 Å². The predicted octanol–water partition coefficient (Wildman–Crippen LogP) is 4.55. The van der Waals surface area contributed by atoms with Crippen LogP contribution in [0.3, 0.4) is 0 Å². The van der Waals surface area contributed by atoms with Crippen LogP contribution in [0.4, 0.5) is 11.4 Å². The zero-order valence-electron chi connectivity index (χ0n) is 11.1. The molecule has 0 spiro atoms. The lowest BCUT2D eigenvalue weighted by Crippen LogP contribution is -2.14. The van der Waals surface area contributed by atoms with Crippen LogP contribution in [0.15, 0.2) is 34.8 Å². The molecule has 0 aliphatic heterocycles. The van der Waals surface area contributed by atoms with E-state index in [0.29, 0.717) is 22.0 Å². The van der Waals surface area contributed by atoms with Gasteiger partial charge in [0.15, 0.2) is 0 Å². The Kier molecular flexibility index (Phi) is 4.35. The van der Waals surface area contributed by atoms with Crippen LogP contribution in [0.2, 0.25) is 5.02 Å². The van der Waals surface area contributed by atoms with Crippen molar-refractivity contribution >= 4 is 44.8 Å². The molecule has 0 aliphatic rings. The lowest BCUT2D eigenvalue weighted by atomic mass is 10.1. The van der Waals surface area contributed by atoms with Crippen LogP contribution in [-0.2, 0) is 0 Å². The smallest absolute Gasteiger partial charge is 0.255 e. The monoisotopic (exact) mass is 352 g/mol. The van der Waals surface area contributed by atoms with Crippen molar-refractivity contribution in [2.75, 3.05) is 11.1 Å². The molecule has 1 amide bonds. The van der Waals surface area contributed by atoms with Gasteiger partial charge in [0.05, 0.1) is 11.4 Å². The molecule has 0 fully saturated rings. The highest BCUT2D eigenvalue weighted by Crippen LogP contribution is 2.28. The van der Waals surface area contributed by atoms with Gasteiger partial charge < -0.3 is 11.1 Å². The standard InChI is InChI=1S/C15H14BrClN2O/c1-8-5-10(3-4-12(8)17)15(20)19-14-9(2)6-11(16)7-13(14)18/h3-7H,18H2,1-2H3,(H,19,20). The number of nitrogen functional groups attached to an aromatic ring is 1. The van der Waals surface area contributed by atoms with Gasteiger partial charge in [0, 0.05) is 15.1 Å². The molecule has 0 unspecified atom stereocenters. The van der Waals surface area contributed by atoms with Crippen molar-refractivity contribution in [3.63, 3.8) is 0 Å². The summed E-state index contributed by atoms with van der Waals surface area (Å²) in [6.07, 6.45) is 0. The van der Waals surface area contributed by atoms with Gasteiger partial charge in [-0.1, -0.05) is 27.5 Å². The Balaban J connectivity index is 2.30. The molecule has 0 atom stereocenters. The van der Waals surface area contributed by atoms with Crippen molar-refractivity contribution < 1.29 is 4.79 Å². The maximum Gasteiger partial charge on any atom is 0.255 e. The van der Waals surface area contributed by atoms with E-state index in [2.05, 4.69) is 21.2 Å². The number of halogens is 2. The van der Waals surface area contributed by atoms with Gasteiger partial charge in [0.1, 0.15) is 0 Å². The minimum absolute atomic E-state index is 0.207. The van der Waals surface area contributed by atoms with Gasteiger partial charge in [-0.2, -0.15) is 0 Å². The molecule has 3 nitrogen and oxygen atoms in total. The molecule has 0 aliphatic carbocycles. The molecule has 3 N–H and O–H groups in total. The molecule has 0 saturated heterocycles. The lowest BCUT2D eigenvalue weighted by molar-refractivity contribution is 0.102. The van der Waals surface area contributed by atoms with E-state index in [-0.39, 0.29) is 5.91 Å². The first kappa shape index (κ1) is 14.9. The van der Waals surface area contributed by atoms with Crippen molar-refractivity contribution in [3.8, 4) is 0 Å². The number of hydrogen-bond donors (Lipinski definition) is 2. The molecular weight excluding hydrogens is 340 g/mol. The molecule has 0 radical (unpaired) electrons. The SMILES string of the molecule is Cc1cc(C(=O)Nc2c(C)cc(Br)cc2N)ccc1Cl. The number of nitrogens with one attached hydrogen (secondary N) is 1. The van der Waals surface area contributed by atoms with Gasteiger partial charge in [0.2, 0.25) is 0 Å². The summed E-state index contributed by atoms with van der Waals surface area (Å²) in [7, 11) is 0. The van der Waals surface area contributed by atoms with Crippen molar-refractivity contribution in [1.29, 1.82) is 0 Å². The summed E-state index contributed by atoms with van der Waals surface area (Å²) in [4.78, 5) is 12.2. The fraction of sp³-hybridized carbons (Fsp3) is 0.133. The molecular formula is C15H14BrClN2O. The van der Waals surface area contributed by atoms with Crippen LogP contribution in [0.25, 0.3) is 0 Å². The highest BCUT2D eigenvalue weighted by atomic mass is 79.9. The fourth-order valence-corrected chi connectivity index (χ4v) is 2.62. The number of amides is 1. The van der Waals surface area contributed by atoms with Crippen molar-refractivity contribution in [2.45, 2.75) is 13.8 Å². The van der Waals surface area contributed by atoms with Crippen LogP contribution in [0.1, 0.15) is 21.5 Å². The third kappa shape index (κ3) is 3.14. The number of anilines is 2. The normalized spacial score (nSPS) is 10.4. The second-order valence-corrected chi connectivity index (χ2v) is 5.93. The first-order valence-electron chi connectivity index (χ1n) is 6.01. The average molecular weight is 354 g/mol. The van der Waals surface area contributed by atoms with E-state index in [1.165, 1.54) is 0 Å². The molecule has 104 valence electrons. The van der Waals surface area contributed by atoms with Gasteiger partial charge >= 0.3 is 0 Å². The predicted molar refractivity (Wildman–Crippen MR) is 87.4 cm³/mol. The number of nitrogens with two attached hydrogens (primary N) is 1. The highest BCUT2D eigenvalue weighted by Gasteiger charge is 2.11. The van der Waals surface area contributed by atoms with E-state index in [4.69, 9.17) is 17.3 Å². The summed E-state index contributed by atoms with van der Waals surface area (Å²) in [6, 6.07) is 8.81. The maximum absolute atomic E-state index is 12.2. The Morgan fingerprint density at radius 2 is 1.90 bits per heavy atom. The van der Waals surface area contributed by atoms with Crippen LogP contribution in [0.5, 0.6) is 0 Å². The molecule has 2 rings (SSSR count). The molecule has 5 heteroatoms. The highest BCUT2D eigenvalue weighted by molar-refractivity contribution is 9.10. The molecule has 0 bridgehead atoms. The molecule has 0 heterocycles. The number of rotatable bonds is 2. The number of carbonyl (C=O) groups is 1. The summed E-state index contributed by atoms with van der Waals surface area (Å²) in [5.74, 6) is -0.207. The first-order chi connectivity index (χ1) is 9.38. The Hall–Kier alpha value is -1.52. The van der Waals surface area contributed by atoms with Gasteiger partial charge in [-0.25, -0.2) is 0 Å². The minimum Gasteiger partial charge on any atom is -0.397 e. The van der Waals surface area contributed by atoms with Crippen LogP contribution < -0.4 is 11.1 Å². The maximum atomic E-state index is 12.2. The van der Waals surface area contributed by atoms with E-state index >= 15 is 0 Å². The largest absolute Gasteiger partial charge is 0.397 e. The van der Waals surface area contributed by atoms with Crippen LogP contribution >= 0.6 is 27.5 Å². The second kappa shape index (κ2) is 5.85. The zero-order chi connectivity index (χ0) is 14.9. The second-order valence-electron chi connectivity index (χ2n) is 4.61. The van der Waals surface area contributed by atoms with Gasteiger partial charge in [-0.15, -0.1) is 0 Å². The summed E-state index contributed by atoms with van der Waals surface area (Å²) in [6.45, 7) is 3.75. The number of benzene rings is 2. The quantitative estimate of drug-likeness (QED) is 0.778. The van der Waals surface area contributed by atoms with Crippen LogP contribution in [-0.4, -0.2) is 5.91 Å². The fourth-order valence-electron chi connectivity index (χ4n) is 1.91. The number of carbonyl (C=O) groups excluding carboxylic acids is 1. The Bertz CT molecular complexity index is 663. The lowest BCUT2D eigenvalue weighted by Gasteiger charge is -2.12. The topological polar surface area (TPSA) is 55.1 Å². The third-order valence-electron chi connectivity index (χ3n) is 2.99. The number of hydrogen-bond acceptors (Lipinski definition) is 2. The summed E-state index contributed by atoms with van der Waals surface area (Å²) in [5.41, 5.74) is 9.40. The molecule has 0 aromatic heterocycles. The minimum atomic E-state index is -0.207. The van der Waals surface area contributed by atoms with E-state index in [9.17, 15) is 4.79 Å². The Labute approximate surface area is 131 Å². The van der Waals surface area contributed by atoms with Crippen molar-refractivity contribution in [1.82, 2.24) is 0 Å². The van der Waals surface area contributed by atoms with E-state index in [1.54, 1.807) is 24.3 Å². The third-order valence-corrected chi connectivity index (χ3v) is 3.87. The van der Waals surface area contributed by atoms with E-state index in [1.807, 2.05) is 19.9 Å². The Morgan fingerprint density at radius 1 is 1.20 bits per heavy atom. The van der Waals surface area contributed by atoms with E-state index in [0.717, 1.165) is 15.6 Å². The van der Waals surface area contributed by atoms with Crippen molar-refractivity contribution in [3.05, 3.63) is 56.5 Å². The average Bonchev–Trinajstić information content (AvgIpc) is 2.36. The first-order valence-corrected chi connectivity index (χ1v) is 7.18. The van der Waals surface area contributed by atoms with Crippen molar-refractivity contribution in [2.24, 2.45) is 0 Å². The number of aryl methyl sites for hydroxylation is 2. The molecule has 2 aromatic rings. The van der Waals surface area contributed by atoms with Gasteiger partial charge in [-0.05, 0) is 55.3 Å². The van der Waals surface area contributed by atoms with E-state index < -0.39 is 0 Å². The Morgan fingerprint density at radius 3 is 2.50 bits per heavy atom. The molecule has 2 aromatic carbocycles. The summed E-state index contributed by atoms with van der Waals surface area (Å²) in [5, 5.41) is 3.48. The zero-order valence-corrected chi connectivity index (χ0v) is 13.5. The molecule has 20 heavy (non-hydrogen) atoms.